The first-order valence-corrected chi connectivity index (χ1v) is 12.6. The van der Waals surface area contributed by atoms with Crippen molar-refractivity contribution in [2.24, 2.45) is 0 Å². The van der Waals surface area contributed by atoms with E-state index in [1.165, 1.54) is 30.3 Å². The monoisotopic (exact) mass is 567 g/mol. The van der Waals surface area contributed by atoms with Gasteiger partial charge in [0.15, 0.2) is 5.75 Å². The average molecular weight is 568 g/mol. The first-order valence-electron chi connectivity index (χ1n) is 11.8. The highest BCUT2D eigenvalue weighted by atomic mass is 35.5. The van der Waals surface area contributed by atoms with Crippen LogP contribution in [0.2, 0.25) is 10.0 Å². The fourth-order valence-electron chi connectivity index (χ4n) is 3.87. The molecule has 4 rings (SSSR count). The number of carbonyl (C=O) groups is 4. The fourth-order valence-corrected chi connectivity index (χ4v) is 4.48. The highest BCUT2D eigenvalue weighted by Crippen LogP contribution is 2.35. The maximum atomic E-state index is 12.9. The molecule has 11 heteroatoms. The third-order valence-electron chi connectivity index (χ3n) is 5.85. The van der Waals surface area contributed by atoms with Crippen molar-refractivity contribution in [2.45, 2.75) is 20.0 Å². The van der Waals surface area contributed by atoms with Crippen LogP contribution in [0.25, 0.3) is 6.08 Å². The van der Waals surface area contributed by atoms with Gasteiger partial charge in [0.05, 0.1) is 15.6 Å². The number of urea groups is 1. The molecule has 4 amide bonds. The number of imide groups is 1. The largest absolute Gasteiger partial charge is 0.486 e. The Bertz CT molecular complexity index is 1460. The van der Waals surface area contributed by atoms with Crippen molar-refractivity contribution in [2.75, 3.05) is 11.9 Å². The molecule has 3 aromatic rings. The number of halogens is 2. The Labute approximate surface area is 234 Å². The summed E-state index contributed by atoms with van der Waals surface area (Å²) in [6.07, 6.45) is 2.11. The topological polar surface area (TPSA) is 125 Å². The van der Waals surface area contributed by atoms with Crippen molar-refractivity contribution < 1.29 is 29.0 Å². The Hall–Kier alpha value is -4.34. The van der Waals surface area contributed by atoms with Gasteiger partial charge in [0.1, 0.15) is 18.8 Å². The Morgan fingerprint density at radius 2 is 1.72 bits per heavy atom. The van der Waals surface area contributed by atoms with Crippen molar-refractivity contribution in [3.63, 3.8) is 0 Å². The smallest absolute Gasteiger partial charge is 0.335 e. The number of nitrogens with one attached hydrogen (secondary N) is 2. The van der Waals surface area contributed by atoms with Gasteiger partial charge in [-0.2, -0.15) is 0 Å². The van der Waals surface area contributed by atoms with Crippen LogP contribution in [0.5, 0.6) is 5.75 Å². The van der Waals surface area contributed by atoms with E-state index in [-0.39, 0.29) is 33.7 Å². The molecule has 3 N–H and O–H groups in total. The lowest BCUT2D eigenvalue weighted by Crippen LogP contribution is -2.38. The molecule has 0 radical (unpaired) electrons. The second-order valence-electron chi connectivity index (χ2n) is 8.54. The molecule has 1 aliphatic heterocycles. The van der Waals surface area contributed by atoms with Crippen LogP contribution in [0.3, 0.4) is 0 Å². The van der Waals surface area contributed by atoms with Gasteiger partial charge < -0.3 is 20.5 Å². The van der Waals surface area contributed by atoms with Crippen LogP contribution in [0.1, 0.15) is 34.0 Å². The number of aromatic carboxylic acids is 1. The summed E-state index contributed by atoms with van der Waals surface area (Å²) >= 11 is 12.7. The number of amides is 4. The number of carboxylic acids is 1. The second-order valence-corrected chi connectivity index (χ2v) is 9.36. The van der Waals surface area contributed by atoms with Gasteiger partial charge in [-0.3, -0.25) is 9.59 Å². The van der Waals surface area contributed by atoms with Crippen LogP contribution < -0.4 is 15.4 Å². The number of benzene rings is 3. The molecule has 3 aromatic carbocycles. The lowest BCUT2D eigenvalue weighted by molar-refractivity contribution is -0.127. The molecule has 0 aliphatic carbocycles. The van der Waals surface area contributed by atoms with E-state index in [2.05, 4.69) is 10.6 Å². The van der Waals surface area contributed by atoms with Crippen LogP contribution in [0.15, 0.2) is 66.4 Å². The molecular weight excluding hydrogens is 545 g/mol. The Morgan fingerprint density at radius 1 is 1.05 bits per heavy atom. The van der Waals surface area contributed by atoms with Gasteiger partial charge in [0.25, 0.3) is 5.91 Å². The minimum atomic E-state index is -1.03. The van der Waals surface area contributed by atoms with E-state index in [1.54, 1.807) is 24.3 Å². The number of hydrogen-bond donors (Lipinski definition) is 3. The molecule has 0 saturated carbocycles. The summed E-state index contributed by atoms with van der Waals surface area (Å²) in [5.41, 5.74) is 2.80. The lowest BCUT2D eigenvalue weighted by Gasteiger charge is -2.13. The minimum absolute atomic E-state index is 0.0407. The SMILES string of the molecule is CCc1ccccc1NC(=O)CN1C(=O)N/C(=C/c2cc(Cl)c(OCc3ccc(C(=O)O)cc3)c(Cl)c2)C1=O. The van der Waals surface area contributed by atoms with Gasteiger partial charge >= 0.3 is 12.0 Å². The number of aryl methyl sites for hydroxylation is 1. The molecule has 0 atom stereocenters. The number of nitrogens with zero attached hydrogens (tertiary/aromatic N) is 1. The molecule has 0 unspecified atom stereocenters. The van der Waals surface area contributed by atoms with E-state index in [0.29, 0.717) is 23.2 Å². The predicted molar refractivity (Wildman–Crippen MR) is 147 cm³/mol. The predicted octanol–water partition coefficient (Wildman–Crippen LogP) is 5.36. The van der Waals surface area contributed by atoms with Crippen molar-refractivity contribution in [1.82, 2.24) is 10.2 Å². The highest BCUT2D eigenvalue weighted by molar-refractivity contribution is 6.37. The normalized spacial score (nSPS) is 13.9. The summed E-state index contributed by atoms with van der Waals surface area (Å²) in [4.78, 5) is 49.6. The van der Waals surface area contributed by atoms with Crippen LogP contribution in [0, 0.1) is 0 Å². The molecule has 1 aliphatic rings. The Kier molecular flexibility index (Phi) is 8.53. The summed E-state index contributed by atoms with van der Waals surface area (Å²) in [5.74, 6) is -2.00. The Morgan fingerprint density at radius 3 is 2.36 bits per heavy atom. The van der Waals surface area contributed by atoms with Crippen LogP contribution >= 0.6 is 23.2 Å². The number of hydrogen-bond acceptors (Lipinski definition) is 5. The Balaban J connectivity index is 1.43. The molecule has 1 heterocycles. The van der Waals surface area contributed by atoms with Crippen LogP contribution in [-0.4, -0.2) is 40.4 Å². The average Bonchev–Trinajstić information content (AvgIpc) is 3.15. The molecule has 9 nitrogen and oxygen atoms in total. The van der Waals surface area contributed by atoms with Crippen molar-refractivity contribution in [3.05, 3.63) is 98.7 Å². The molecular formula is C28H23Cl2N3O6. The standard InChI is InChI=1S/C28H23Cl2N3O6/c1-2-18-5-3-4-6-22(18)31-24(34)14-33-26(35)23(32-28(33)38)13-17-11-20(29)25(21(30)12-17)39-15-16-7-9-19(10-8-16)27(36)37/h3-13H,2,14-15H2,1H3,(H,31,34)(H,32,38)(H,36,37)/b23-13+. The third-order valence-corrected chi connectivity index (χ3v) is 6.41. The van der Waals surface area contributed by atoms with Gasteiger partial charge in [-0.15, -0.1) is 0 Å². The number of anilines is 1. The van der Waals surface area contributed by atoms with Gasteiger partial charge in [-0.05, 0) is 59.5 Å². The number of carbonyl (C=O) groups excluding carboxylic acids is 3. The molecule has 0 spiro atoms. The van der Waals surface area contributed by atoms with E-state index in [4.69, 9.17) is 33.0 Å². The molecule has 1 saturated heterocycles. The summed E-state index contributed by atoms with van der Waals surface area (Å²) in [5, 5.41) is 14.5. The minimum Gasteiger partial charge on any atom is -0.486 e. The van der Waals surface area contributed by atoms with Crippen LogP contribution in [0.4, 0.5) is 10.5 Å². The first-order chi connectivity index (χ1) is 18.7. The zero-order valence-corrected chi connectivity index (χ0v) is 22.2. The van der Waals surface area contributed by atoms with E-state index in [1.807, 2.05) is 19.1 Å². The van der Waals surface area contributed by atoms with E-state index < -0.39 is 30.4 Å². The third kappa shape index (κ3) is 6.57. The molecule has 39 heavy (non-hydrogen) atoms. The number of carboxylic acid groups (broad SMARTS) is 1. The summed E-state index contributed by atoms with van der Waals surface area (Å²) < 4.78 is 5.72. The maximum Gasteiger partial charge on any atom is 0.335 e. The second kappa shape index (κ2) is 12.0. The van der Waals surface area contributed by atoms with Gasteiger partial charge in [-0.1, -0.05) is 60.5 Å². The summed E-state index contributed by atoms with van der Waals surface area (Å²) in [7, 11) is 0. The van der Waals surface area contributed by atoms with Gasteiger partial charge in [0, 0.05) is 5.69 Å². The quantitative estimate of drug-likeness (QED) is 0.236. The molecule has 0 aromatic heterocycles. The fraction of sp³-hybridized carbons (Fsp3) is 0.143. The van der Waals surface area contributed by atoms with Crippen molar-refractivity contribution in [1.29, 1.82) is 0 Å². The van der Waals surface area contributed by atoms with Gasteiger partial charge in [0.2, 0.25) is 5.91 Å². The zero-order valence-electron chi connectivity index (χ0n) is 20.7. The highest BCUT2D eigenvalue weighted by Gasteiger charge is 2.35. The van der Waals surface area contributed by atoms with E-state index in [9.17, 15) is 19.2 Å². The first kappa shape index (κ1) is 27.7. The zero-order chi connectivity index (χ0) is 28.1. The molecule has 1 fully saturated rings. The number of para-hydroxylation sites is 1. The van der Waals surface area contributed by atoms with Gasteiger partial charge in [-0.25, -0.2) is 14.5 Å². The maximum absolute atomic E-state index is 12.9. The van der Waals surface area contributed by atoms with Crippen molar-refractivity contribution in [3.8, 4) is 5.75 Å². The van der Waals surface area contributed by atoms with Crippen molar-refractivity contribution >= 4 is 58.8 Å². The summed E-state index contributed by atoms with van der Waals surface area (Å²) in [6.45, 7) is 1.59. The molecule has 200 valence electrons. The van der Waals surface area contributed by atoms with E-state index in [0.717, 1.165) is 10.5 Å². The lowest BCUT2D eigenvalue weighted by atomic mass is 10.1. The van der Waals surface area contributed by atoms with E-state index >= 15 is 0 Å². The number of ether oxygens (including phenoxy) is 1. The number of rotatable bonds is 9. The summed E-state index contributed by atoms with van der Waals surface area (Å²) in [6, 6.07) is 15.7. The van der Waals surface area contributed by atoms with Crippen LogP contribution in [-0.2, 0) is 22.6 Å². The molecule has 0 bridgehead atoms.